The SMILES string of the molecule is CCCC(OCCC#N)C(OCCC#N)(OCCC#N)C(OCCC#N)(OCCC#N)OCCC#N. The van der Waals surface area contributed by atoms with E-state index in [1.165, 1.54) is 0 Å². The van der Waals surface area contributed by atoms with Gasteiger partial charge in [0.2, 0.25) is 0 Å². The van der Waals surface area contributed by atoms with E-state index in [1.807, 2.05) is 43.3 Å². The second-order valence-corrected chi connectivity index (χ2v) is 7.06. The van der Waals surface area contributed by atoms with Gasteiger partial charge in [0.1, 0.15) is 6.10 Å². The molecule has 0 rings (SSSR count). The van der Waals surface area contributed by atoms with E-state index in [0.29, 0.717) is 12.8 Å². The molecule has 0 fully saturated rings. The standard InChI is InChI=1S/C24H32N6O6/c1-2-9-22(31-16-3-10-25)23(32-17-4-11-26,33-18-5-12-27)24(34-19-6-13-28,35-20-7-14-29)36-21-8-15-30/h22H,2-9,16-21H2,1H3. The van der Waals surface area contributed by atoms with Crippen LogP contribution >= 0.6 is 0 Å². The first-order valence-corrected chi connectivity index (χ1v) is 11.6. The Morgan fingerprint density at radius 3 is 1.19 bits per heavy atom. The third-order valence-corrected chi connectivity index (χ3v) is 4.51. The van der Waals surface area contributed by atoms with Crippen LogP contribution in [0.25, 0.3) is 0 Å². The molecule has 0 aliphatic heterocycles. The average Bonchev–Trinajstić information content (AvgIpc) is 2.88. The molecule has 0 aliphatic carbocycles. The predicted molar refractivity (Wildman–Crippen MR) is 121 cm³/mol. The third-order valence-electron chi connectivity index (χ3n) is 4.51. The van der Waals surface area contributed by atoms with Crippen LogP contribution in [0.15, 0.2) is 0 Å². The third kappa shape index (κ3) is 11.0. The van der Waals surface area contributed by atoms with Crippen LogP contribution in [0.2, 0.25) is 0 Å². The van der Waals surface area contributed by atoms with Crippen LogP contribution in [0.3, 0.4) is 0 Å². The first kappa shape index (κ1) is 32.7. The van der Waals surface area contributed by atoms with Crippen LogP contribution in [0.5, 0.6) is 0 Å². The summed E-state index contributed by atoms with van der Waals surface area (Å²) in [5.41, 5.74) is 0. The number of nitrogens with zero attached hydrogens (tertiary/aromatic N) is 6. The van der Waals surface area contributed by atoms with Crippen molar-refractivity contribution in [3.63, 3.8) is 0 Å². The summed E-state index contributed by atoms with van der Waals surface area (Å²) in [6.45, 7) is 0.944. The molecule has 0 radical (unpaired) electrons. The van der Waals surface area contributed by atoms with Gasteiger partial charge in [0.25, 0.3) is 5.79 Å². The maximum Gasteiger partial charge on any atom is 0.343 e. The topological polar surface area (TPSA) is 198 Å². The molecule has 12 heteroatoms. The van der Waals surface area contributed by atoms with E-state index in [2.05, 4.69) is 0 Å². The van der Waals surface area contributed by atoms with E-state index in [1.54, 1.807) is 0 Å². The molecule has 0 N–H and O–H groups in total. The molecule has 0 heterocycles. The molecule has 1 unspecified atom stereocenters. The fraction of sp³-hybridized carbons (Fsp3) is 0.750. The molecule has 36 heavy (non-hydrogen) atoms. The lowest BCUT2D eigenvalue weighted by molar-refractivity contribution is -0.513. The fourth-order valence-electron chi connectivity index (χ4n) is 3.11. The number of rotatable bonds is 22. The molecule has 0 spiro atoms. The highest BCUT2D eigenvalue weighted by atomic mass is 16.9. The van der Waals surface area contributed by atoms with Gasteiger partial charge in [-0.25, -0.2) is 0 Å². The minimum Gasteiger partial charge on any atom is -0.371 e. The van der Waals surface area contributed by atoms with E-state index in [4.69, 9.17) is 60.0 Å². The van der Waals surface area contributed by atoms with Crippen LogP contribution < -0.4 is 0 Å². The summed E-state index contributed by atoms with van der Waals surface area (Å²) in [5.74, 6) is -4.29. The van der Waals surface area contributed by atoms with Gasteiger partial charge in [0.05, 0.1) is 115 Å². The molecular weight excluding hydrogens is 468 g/mol. The van der Waals surface area contributed by atoms with E-state index >= 15 is 0 Å². The zero-order valence-electron chi connectivity index (χ0n) is 20.6. The van der Waals surface area contributed by atoms with E-state index in [-0.39, 0.29) is 78.2 Å². The van der Waals surface area contributed by atoms with Crippen molar-refractivity contribution >= 4 is 0 Å². The summed E-state index contributed by atoms with van der Waals surface area (Å²) in [7, 11) is 0. The largest absolute Gasteiger partial charge is 0.371 e. The Balaban J connectivity index is 6.95. The van der Waals surface area contributed by atoms with Crippen LogP contribution in [0.4, 0.5) is 0 Å². The predicted octanol–water partition coefficient (Wildman–Crippen LogP) is 3.09. The molecule has 1 atom stereocenters. The molecule has 12 nitrogen and oxygen atoms in total. The fourth-order valence-corrected chi connectivity index (χ4v) is 3.11. The van der Waals surface area contributed by atoms with Crippen molar-refractivity contribution in [2.75, 3.05) is 39.6 Å². The Labute approximate surface area is 212 Å². The smallest absolute Gasteiger partial charge is 0.343 e. The zero-order valence-corrected chi connectivity index (χ0v) is 20.6. The summed E-state index contributed by atoms with van der Waals surface area (Å²) in [6, 6.07) is 11.8. The minimum atomic E-state index is -2.24. The van der Waals surface area contributed by atoms with Gasteiger partial charge in [-0.3, -0.25) is 0 Å². The van der Waals surface area contributed by atoms with Crippen molar-refractivity contribution in [1.82, 2.24) is 0 Å². The van der Waals surface area contributed by atoms with E-state index in [0.717, 1.165) is 0 Å². The second-order valence-electron chi connectivity index (χ2n) is 7.06. The Hall–Kier alpha value is -3.30. The van der Waals surface area contributed by atoms with Crippen LogP contribution in [0, 0.1) is 68.0 Å². The first-order chi connectivity index (χ1) is 17.6. The molecule has 0 aliphatic rings. The van der Waals surface area contributed by atoms with Gasteiger partial charge in [0, 0.05) is 0 Å². The summed E-state index contributed by atoms with van der Waals surface area (Å²) in [4.78, 5) is 0. The molecule has 0 saturated heterocycles. The van der Waals surface area contributed by atoms with Gasteiger partial charge in [-0.1, -0.05) is 13.3 Å². The molecule has 194 valence electrons. The summed E-state index contributed by atoms with van der Waals surface area (Å²) in [5, 5.41) is 54.6. The molecule has 0 bridgehead atoms. The zero-order chi connectivity index (χ0) is 27.0. The van der Waals surface area contributed by atoms with Gasteiger partial charge in [-0.05, 0) is 6.42 Å². The highest BCUT2D eigenvalue weighted by Crippen LogP contribution is 2.41. The summed E-state index contributed by atoms with van der Waals surface area (Å²) >= 11 is 0. The van der Waals surface area contributed by atoms with Gasteiger partial charge in [0.15, 0.2) is 0 Å². The highest BCUT2D eigenvalue weighted by Gasteiger charge is 2.64. The lowest BCUT2D eigenvalue weighted by Gasteiger charge is -2.50. The number of nitriles is 6. The molecule has 0 amide bonds. The molecule has 0 aromatic carbocycles. The number of hydrogen-bond acceptors (Lipinski definition) is 12. The van der Waals surface area contributed by atoms with E-state index < -0.39 is 17.9 Å². The first-order valence-electron chi connectivity index (χ1n) is 11.6. The average molecular weight is 501 g/mol. The summed E-state index contributed by atoms with van der Waals surface area (Å²) in [6.07, 6.45) is -0.360. The monoisotopic (exact) mass is 500 g/mol. The minimum absolute atomic E-state index is 0.00317. The Bertz CT molecular complexity index is 787. The normalized spacial score (nSPS) is 11.8. The number of hydrogen-bond donors (Lipinski definition) is 0. The van der Waals surface area contributed by atoms with Crippen molar-refractivity contribution in [3.8, 4) is 36.4 Å². The van der Waals surface area contributed by atoms with Gasteiger partial charge in [-0.2, -0.15) is 31.6 Å². The molecular formula is C24H32N6O6. The second kappa shape index (κ2) is 21.0. The highest BCUT2D eigenvalue weighted by molar-refractivity contribution is 4.94. The molecule has 0 aromatic rings. The Morgan fingerprint density at radius 1 is 0.528 bits per heavy atom. The quantitative estimate of drug-likeness (QED) is 0.156. The maximum atomic E-state index is 9.13. The van der Waals surface area contributed by atoms with Crippen molar-refractivity contribution in [2.45, 2.75) is 76.2 Å². The van der Waals surface area contributed by atoms with Crippen LogP contribution in [-0.4, -0.2) is 57.5 Å². The van der Waals surface area contributed by atoms with Crippen LogP contribution in [-0.2, 0) is 28.4 Å². The van der Waals surface area contributed by atoms with Crippen molar-refractivity contribution in [2.24, 2.45) is 0 Å². The number of ether oxygens (including phenoxy) is 6. The maximum absolute atomic E-state index is 9.13. The lowest BCUT2D eigenvalue weighted by atomic mass is 10.0. The van der Waals surface area contributed by atoms with Crippen LogP contribution in [0.1, 0.15) is 58.3 Å². The van der Waals surface area contributed by atoms with Crippen molar-refractivity contribution in [1.29, 1.82) is 31.6 Å². The molecule has 0 saturated carbocycles. The van der Waals surface area contributed by atoms with E-state index in [9.17, 15) is 0 Å². The Kier molecular flexibility index (Phi) is 19.1. The Morgan fingerprint density at radius 2 is 0.861 bits per heavy atom. The van der Waals surface area contributed by atoms with Crippen molar-refractivity contribution < 1.29 is 28.4 Å². The molecule has 0 aromatic heterocycles. The van der Waals surface area contributed by atoms with Gasteiger partial charge in [-0.15, -0.1) is 0 Å². The summed E-state index contributed by atoms with van der Waals surface area (Å²) < 4.78 is 36.2. The van der Waals surface area contributed by atoms with Gasteiger partial charge < -0.3 is 28.4 Å². The van der Waals surface area contributed by atoms with Gasteiger partial charge >= 0.3 is 5.97 Å². The van der Waals surface area contributed by atoms with Crippen molar-refractivity contribution in [3.05, 3.63) is 0 Å². The lowest BCUT2D eigenvalue weighted by Crippen LogP contribution is -2.69.